The number of pyridine rings is 1. The number of rotatable bonds is 9. The van der Waals surface area contributed by atoms with Gasteiger partial charge >= 0.3 is 0 Å². The molecule has 1 fully saturated rings. The van der Waals surface area contributed by atoms with E-state index >= 15 is 0 Å². The summed E-state index contributed by atoms with van der Waals surface area (Å²) in [5.74, 6) is 3.17. The van der Waals surface area contributed by atoms with Crippen molar-refractivity contribution in [3.8, 4) is 5.75 Å². The second kappa shape index (κ2) is 11.6. The topological polar surface area (TPSA) is 68.5 Å². The molecule has 34 heavy (non-hydrogen) atoms. The fourth-order valence-corrected chi connectivity index (χ4v) is 5.54. The summed E-state index contributed by atoms with van der Waals surface area (Å²) in [5, 5.41) is 4.79. The minimum Gasteiger partial charge on any atom is -0.494 e. The molecule has 180 valence electrons. The van der Waals surface area contributed by atoms with Crippen molar-refractivity contribution in [1.82, 2.24) is 15.0 Å². The number of nitrogens with zero attached hydrogens (tertiary/aromatic N) is 3. The lowest BCUT2D eigenvalue weighted by molar-refractivity contribution is 0.0682. The number of hydrogen-bond acceptors (Lipinski definition) is 6. The van der Waals surface area contributed by atoms with Gasteiger partial charge in [-0.3, -0.25) is 4.79 Å². The Balaban J connectivity index is 1.29. The molecule has 1 saturated heterocycles. The van der Waals surface area contributed by atoms with E-state index < -0.39 is 0 Å². The van der Waals surface area contributed by atoms with Crippen LogP contribution in [0.4, 0.5) is 0 Å². The number of aromatic nitrogens is 2. The molecule has 1 aromatic carbocycles. The van der Waals surface area contributed by atoms with E-state index in [-0.39, 0.29) is 5.91 Å². The van der Waals surface area contributed by atoms with Crippen molar-refractivity contribution in [2.75, 3.05) is 19.7 Å². The average molecular weight is 480 g/mol. The molecular formula is C27H33N3O3S. The lowest BCUT2D eigenvalue weighted by atomic mass is 9.90. The zero-order valence-electron chi connectivity index (χ0n) is 20.3. The molecule has 0 aliphatic carbocycles. The summed E-state index contributed by atoms with van der Waals surface area (Å²) in [5.41, 5.74) is 3.99. The molecule has 0 N–H and O–H groups in total. The predicted molar refractivity (Wildman–Crippen MR) is 134 cm³/mol. The standard InChI is InChI=1S/C27H33N3O3S/c1-4-32-23-11-9-21(10-12-23)7-8-22-13-16-30(17-14-22)27(31)24-6-5-15-28-26(24)34-18-25-19(2)29-33-20(25)3/h5-6,9-12,15,22H,4,7-8,13-14,16-18H2,1-3H3. The molecule has 0 bridgehead atoms. The van der Waals surface area contributed by atoms with Gasteiger partial charge in [0.15, 0.2) is 0 Å². The quantitative estimate of drug-likeness (QED) is 0.358. The van der Waals surface area contributed by atoms with E-state index in [0.29, 0.717) is 23.8 Å². The first-order chi connectivity index (χ1) is 16.5. The van der Waals surface area contributed by atoms with Gasteiger partial charge in [-0.2, -0.15) is 0 Å². The Hall–Kier alpha value is -2.80. The van der Waals surface area contributed by atoms with Gasteiger partial charge in [0.2, 0.25) is 0 Å². The monoisotopic (exact) mass is 479 g/mol. The molecule has 7 heteroatoms. The molecule has 0 radical (unpaired) electrons. The first-order valence-corrected chi connectivity index (χ1v) is 13.0. The smallest absolute Gasteiger partial charge is 0.256 e. The van der Waals surface area contributed by atoms with E-state index in [1.807, 2.05) is 37.8 Å². The van der Waals surface area contributed by atoms with Crippen LogP contribution in [0.5, 0.6) is 5.75 Å². The Kier molecular flexibility index (Phi) is 8.27. The van der Waals surface area contributed by atoms with Crippen molar-refractivity contribution >= 4 is 17.7 Å². The highest BCUT2D eigenvalue weighted by atomic mass is 32.2. The van der Waals surface area contributed by atoms with Gasteiger partial charge in [0.05, 0.1) is 17.9 Å². The van der Waals surface area contributed by atoms with Gasteiger partial charge < -0.3 is 14.2 Å². The summed E-state index contributed by atoms with van der Waals surface area (Å²) in [6, 6.07) is 12.2. The molecule has 0 atom stereocenters. The molecule has 6 nitrogen and oxygen atoms in total. The zero-order chi connectivity index (χ0) is 23.9. The third-order valence-corrected chi connectivity index (χ3v) is 7.55. The molecule has 1 aliphatic rings. The maximum absolute atomic E-state index is 13.3. The number of hydrogen-bond donors (Lipinski definition) is 0. The number of likely N-dealkylation sites (tertiary alicyclic amines) is 1. The number of ether oxygens (including phenoxy) is 1. The van der Waals surface area contributed by atoms with E-state index in [0.717, 1.165) is 66.6 Å². The van der Waals surface area contributed by atoms with Gasteiger partial charge in [0.1, 0.15) is 16.5 Å². The highest BCUT2D eigenvalue weighted by Gasteiger charge is 2.25. The van der Waals surface area contributed by atoms with Crippen LogP contribution in [0.1, 0.15) is 59.1 Å². The Morgan fingerprint density at radius 2 is 1.94 bits per heavy atom. The number of benzene rings is 1. The maximum atomic E-state index is 13.3. The van der Waals surface area contributed by atoms with Crippen molar-refractivity contribution in [2.45, 2.75) is 57.2 Å². The molecule has 2 aromatic heterocycles. The number of carbonyl (C=O) groups is 1. The fourth-order valence-electron chi connectivity index (χ4n) is 4.40. The van der Waals surface area contributed by atoms with Gasteiger partial charge in [-0.1, -0.05) is 17.3 Å². The Labute approximate surface area is 206 Å². The molecular weight excluding hydrogens is 446 g/mol. The number of thioether (sulfide) groups is 1. The molecule has 3 aromatic rings. The van der Waals surface area contributed by atoms with Crippen LogP contribution >= 0.6 is 11.8 Å². The summed E-state index contributed by atoms with van der Waals surface area (Å²) in [7, 11) is 0. The summed E-state index contributed by atoms with van der Waals surface area (Å²) in [4.78, 5) is 19.8. The van der Waals surface area contributed by atoms with E-state index in [9.17, 15) is 4.79 Å². The Morgan fingerprint density at radius 1 is 1.18 bits per heavy atom. The number of amides is 1. The summed E-state index contributed by atoms with van der Waals surface area (Å²) in [6.07, 6.45) is 6.06. The van der Waals surface area contributed by atoms with Crippen LogP contribution in [0.3, 0.4) is 0 Å². The summed E-state index contributed by atoms with van der Waals surface area (Å²) >= 11 is 1.57. The Bertz CT molecular complexity index is 1070. The zero-order valence-corrected chi connectivity index (χ0v) is 21.1. The first-order valence-electron chi connectivity index (χ1n) is 12.1. The normalized spacial score (nSPS) is 14.4. The highest BCUT2D eigenvalue weighted by molar-refractivity contribution is 7.98. The molecule has 0 spiro atoms. The summed E-state index contributed by atoms with van der Waals surface area (Å²) < 4.78 is 10.8. The van der Waals surface area contributed by atoms with Crippen LogP contribution in [-0.4, -0.2) is 40.6 Å². The average Bonchev–Trinajstić information content (AvgIpc) is 3.19. The minimum absolute atomic E-state index is 0.0827. The summed E-state index contributed by atoms with van der Waals surface area (Å²) in [6.45, 7) is 8.15. The van der Waals surface area contributed by atoms with Crippen LogP contribution in [0.2, 0.25) is 0 Å². The van der Waals surface area contributed by atoms with E-state index in [2.05, 4.69) is 34.4 Å². The predicted octanol–water partition coefficient (Wildman–Crippen LogP) is 5.86. The van der Waals surface area contributed by atoms with Crippen LogP contribution in [-0.2, 0) is 12.2 Å². The third-order valence-electron chi connectivity index (χ3n) is 6.51. The minimum atomic E-state index is 0.0827. The Morgan fingerprint density at radius 3 is 2.62 bits per heavy atom. The largest absolute Gasteiger partial charge is 0.494 e. The van der Waals surface area contributed by atoms with Gasteiger partial charge in [-0.15, -0.1) is 11.8 Å². The van der Waals surface area contributed by atoms with Crippen LogP contribution in [0.15, 0.2) is 52.1 Å². The highest BCUT2D eigenvalue weighted by Crippen LogP contribution is 2.29. The van der Waals surface area contributed by atoms with E-state index in [4.69, 9.17) is 9.26 Å². The van der Waals surface area contributed by atoms with Gasteiger partial charge in [-0.25, -0.2) is 4.98 Å². The molecule has 0 saturated carbocycles. The maximum Gasteiger partial charge on any atom is 0.256 e. The van der Waals surface area contributed by atoms with Crippen LogP contribution in [0.25, 0.3) is 0 Å². The van der Waals surface area contributed by atoms with Crippen molar-refractivity contribution in [2.24, 2.45) is 5.92 Å². The van der Waals surface area contributed by atoms with Crippen molar-refractivity contribution in [3.63, 3.8) is 0 Å². The molecule has 1 amide bonds. The molecule has 1 aliphatic heterocycles. The lowest BCUT2D eigenvalue weighted by Crippen LogP contribution is -2.38. The molecule has 3 heterocycles. The van der Waals surface area contributed by atoms with E-state index in [1.54, 1.807) is 18.0 Å². The number of carbonyl (C=O) groups excluding carboxylic acids is 1. The number of aryl methyl sites for hydroxylation is 3. The first kappa shape index (κ1) is 24.3. The third kappa shape index (κ3) is 6.00. The second-order valence-corrected chi connectivity index (χ2v) is 9.76. The lowest BCUT2D eigenvalue weighted by Gasteiger charge is -2.32. The van der Waals surface area contributed by atoms with Crippen LogP contribution in [0, 0.1) is 19.8 Å². The van der Waals surface area contributed by atoms with Crippen molar-refractivity contribution < 1.29 is 14.1 Å². The van der Waals surface area contributed by atoms with E-state index in [1.165, 1.54) is 5.56 Å². The van der Waals surface area contributed by atoms with Gasteiger partial charge in [-0.05, 0) is 82.2 Å². The SMILES string of the molecule is CCOc1ccc(CCC2CCN(C(=O)c3cccnc3SCc3c(C)noc3C)CC2)cc1. The van der Waals surface area contributed by atoms with Crippen molar-refractivity contribution in [1.29, 1.82) is 0 Å². The second-order valence-electron chi connectivity index (χ2n) is 8.80. The number of piperidine rings is 1. The molecule has 0 unspecified atom stereocenters. The van der Waals surface area contributed by atoms with Gasteiger partial charge in [0.25, 0.3) is 5.91 Å². The van der Waals surface area contributed by atoms with Crippen LogP contribution < -0.4 is 4.74 Å². The molecule has 4 rings (SSSR count). The van der Waals surface area contributed by atoms with Gasteiger partial charge in [0, 0.05) is 30.6 Å². The van der Waals surface area contributed by atoms with Crippen molar-refractivity contribution in [3.05, 3.63) is 70.7 Å². The fraction of sp³-hybridized carbons (Fsp3) is 0.444.